The second-order valence-electron chi connectivity index (χ2n) is 4.68. The van der Waals surface area contributed by atoms with Crippen molar-refractivity contribution in [1.29, 1.82) is 0 Å². The molecule has 3 aromatic rings. The molecule has 3 rings (SSSR count). The number of carbonyl (C=O) groups excluding carboxylic acids is 1. The third-order valence-corrected chi connectivity index (χ3v) is 3.17. The normalized spacial score (nSPS) is 11.3. The molecule has 8 heteroatoms. The quantitative estimate of drug-likeness (QED) is 0.577. The van der Waals surface area contributed by atoms with E-state index in [1.54, 1.807) is 29.2 Å². The van der Waals surface area contributed by atoms with Crippen LogP contribution < -0.4 is 5.43 Å². The monoisotopic (exact) mass is 307 g/mol. The van der Waals surface area contributed by atoms with Crippen LogP contribution >= 0.6 is 0 Å². The first-order valence-electron chi connectivity index (χ1n) is 6.82. The Morgan fingerprint density at radius 2 is 1.83 bits per heavy atom. The molecule has 2 heterocycles. The zero-order valence-corrected chi connectivity index (χ0v) is 12.3. The van der Waals surface area contributed by atoms with E-state index in [-0.39, 0.29) is 5.91 Å². The van der Waals surface area contributed by atoms with Crippen molar-refractivity contribution in [3.05, 3.63) is 66.2 Å². The summed E-state index contributed by atoms with van der Waals surface area (Å²) in [5, 5.41) is 15.1. The van der Waals surface area contributed by atoms with Crippen LogP contribution in [0.25, 0.3) is 5.69 Å². The topological polar surface area (TPSA) is 98.0 Å². The average Bonchev–Trinajstić information content (AvgIpc) is 3.15. The van der Waals surface area contributed by atoms with E-state index >= 15 is 0 Å². The molecule has 0 fully saturated rings. The van der Waals surface area contributed by atoms with Gasteiger partial charge in [0.25, 0.3) is 5.91 Å². The van der Waals surface area contributed by atoms with E-state index in [4.69, 9.17) is 0 Å². The van der Waals surface area contributed by atoms with Gasteiger partial charge in [-0.15, -0.1) is 5.10 Å². The van der Waals surface area contributed by atoms with Gasteiger partial charge in [0.15, 0.2) is 0 Å². The Balaban J connectivity index is 1.70. The molecule has 0 atom stereocenters. The maximum atomic E-state index is 11.9. The highest BCUT2D eigenvalue weighted by Gasteiger charge is 2.04. The number of nitrogens with one attached hydrogen (secondary N) is 1. The summed E-state index contributed by atoms with van der Waals surface area (Å²) in [6.07, 6.45) is 4.64. The molecule has 1 amide bonds. The number of aromatic nitrogens is 5. The Labute approximate surface area is 131 Å². The van der Waals surface area contributed by atoms with Crippen LogP contribution in [0.4, 0.5) is 0 Å². The molecular formula is C15H13N7O. The third-order valence-electron chi connectivity index (χ3n) is 3.17. The summed E-state index contributed by atoms with van der Waals surface area (Å²) in [6.45, 7) is 1.82. The predicted octanol–water partition coefficient (Wildman–Crippen LogP) is 1.21. The van der Waals surface area contributed by atoms with Gasteiger partial charge in [-0.25, -0.2) is 10.1 Å². The lowest BCUT2D eigenvalue weighted by Crippen LogP contribution is -2.19. The molecule has 0 radical (unpaired) electrons. The fraction of sp³-hybridized carbons (Fsp3) is 0.0667. The minimum absolute atomic E-state index is 0.280. The largest absolute Gasteiger partial charge is 0.271 e. The van der Waals surface area contributed by atoms with Crippen molar-refractivity contribution in [2.75, 3.05) is 0 Å². The minimum Gasteiger partial charge on any atom is -0.267 e. The molecule has 114 valence electrons. The molecule has 0 spiro atoms. The number of carbonyl (C=O) groups is 1. The van der Waals surface area contributed by atoms with E-state index in [1.165, 1.54) is 6.33 Å². The number of hydrogen-bond acceptors (Lipinski definition) is 6. The van der Waals surface area contributed by atoms with Crippen LogP contribution in [0.15, 0.2) is 60.2 Å². The summed E-state index contributed by atoms with van der Waals surface area (Å²) in [5.41, 5.74) is 5.44. The van der Waals surface area contributed by atoms with E-state index in [2.05, 4.69) is 31.0 Å². The predicted molar refractivity (Wildman–Crippen MR) is 83.1 cm³/mol. The standard InChI is InChI=1S/C15H13N7O/c1-11(18-19-15(23)13-6-8-16-9-7-13)12-2-4-14(5-3-12)22-10-17-20-21-22/h2-10H,1H3,(H,19,23)/b18-11+. The van der Waals surface area contributed by atoms with Crippen LogP contribution in [0.1, 0.15) is 22.8 Å². The Morgan fingerprint density at radius 3 is 2.48 bits per heavy atom. The number of hydrazone groups is 1. The van der Waals surface area contributed by atoms with E-state index in [0.29, 0.717) is 11.3 Å². The highest BCUT2D eigenvalue weighted by Crippen LogP contribution is 2.08. The first-order chi connectivity index (χ1) is 11.2. The maximum absolute atomic E-state index is 11.9. The van der Waals surface area contributed by atoms with Crippen LogP contribution in [0, 0.1) is 0 Å². The summed E-state index contributed by atoms with van der Waals surface area (Å²) >= 11 is 0. The van der Waals surface area contributed by atoms with Crippen molar-refractivity contribution >= 4 is 11.6 Å². The lowest BCUT2D eigenvalue weighted by Gasteiger charge is -2.04. The fourth-order valence-corrected chi connectivity index (χ4v) is 1.90. The second-order valence-corrected chi connectivity index (χ2v) is 4.68. The summed E-state index contributed by atoms with van der Waals surface area (Å²) in [7, 11) is 0. The van der Waals surface area contributed by atoms with Crippen molar-refractivity contribution in [1.82, 2.24) is 30.6 Å². The molecule has 0 aliphatic heterocycles. The smallest absolute Gasteiger partial charge is 0.267 e. The van der Waals surface area contributed by atoms with E-state index < -0.39 is 0 Å². The molecule has 1 N–H and O–H groups in total. The number of benzene rings is 1. The van der Waals surface area contributed by atoms with Gasteiger partial charge < -0.3 is 0 Å². The lowest BCUT2D eigenvalue weighted by atomic mass is 10.1. The highest BCUT2D eigenvalue weighted by molar-refractivity contribution is 6.00. The molecule has 0 unspecified atom stereocenters. The number of hydrogen-bond donors (Lipinski definition) is 1. The van der Waals surface area contributed by atoms with Crippen LogP contribution in [0.3, 0.4) is 0 Å². The average molecular weight is 307 g/mol. The van der Waals surface area contributed by atoms with Gasteiger partial charge in [-0.3, -0.25) is 9.78 Å². The zero-order chi connectivity index (χ0) is 16.1. The minimum atomic E-state index is -0.280. The molecule has 0 aliphatic carbocycles. The summed E-state index contributed by atoms with van der Waals surface area (Å²) in [6, 6.07) is 10.8. The SMILES string of the molecule is C/C(=N\NC(=O)c1ccncc1)c1ccc(-n2cnnn2)cc1. The Morgan fingerprint density at radius 1 is 1.09 bits per heavy atom. The van der Waals surface area contributed by atoms with Gasteiger partial charge in [-0.05, 0) is 47.2 Å². The van der Waals surface area contributed by atoms with Gasteiger partial charge in [0.05, 0.1) is 11.4 Å². The van der Waals surface area contributed by atoms with Gasteiger partial charge in [0.2, 0.25) is 0 Å². The second kappa shape index (κ2) is 6.56. The van der Waals surface area contributed by atoms with Crippen molar-refractivity contribution < 1.29 is 4.79 Å². The van der Waals surface area contributed by atoms with E-state index in [9.17, 15) is 4.79 Å². The van der Waals surface area contributed by atoms with Gasteiger partial charge in [0, 0.05) is 18.0 Å². The molecular weight excluding hydrogens is 294 g/mol. The Kier molecular flexibility index (Phi) is 4.14. The number of tetrazole rings is 1. The van der Waals surface area contributed by atoms with Crippen LogP contribution in [-0.2, 0) is 0 Å². The molecule has 2 aromatic heterocycles. The molecule has 0 saturated heterocycles. The fourth-order valence-electron chi connectivity index (χ4n) is 1.90. The van der Waals surface area contributed by atoms with Crippen LogP contribution in [-0.4, -0.2) is 36.8 Å². The molecule has 0 saturated carbocycles. The third kappa shape index (κ3) is 3.43. The zero-order valence-electron chi connectivity index (χ0n) is 12.3. The van der Waals surface area contributed by atoms with Crippen molar-refractivity contribution in [2.45, 2.75) is 6.92 Å². The molecule has 0 aliphatic rings. The van der Waals surface area contributed by atoms with Crippen molar-refractivity contribution in [3.63, 3.8) is 0 Å². The Bertz CT molecular complexity index is 811. The summed E-state index contributed by atoms with van der Waals surface area (Å²) < 4.78 is 1.56. The summed E-state index contributed by atoms with van der Waals surface area (Å²) in [4.78, 5) is 15.8. The van der Waals surface area contributed by atoms with E-state index in [1.807, 2.05) is 31.2 Å². The van der Waals surface area contributed by atoms with Crippen LogP contribution in [0.2, 0.25) is 0 Å². The molecule has 8 nitrogen and oxygen atoms in total. The summed E-state index contributed by atoms with van der Waals surface area (Å²) in [5.74, 6) is -0.280. The van der Waals surface area contributed by atoms with Gasteiger partial charge in [0.1, 0.15) is 6.33 Å². The van der Waals surface area contributed by atoms with Gasteiger partial charge in [-0.2, -0.15) is 5.10 Å². The number of nitrogens with zero attached hydrogens (tertiary/aromatic N) is 6. The first kappa shape index (κ1) is 14.5. The maximum Gasteiger partial charge on any atom is 0.271 e. The van der Waals surface area contributed by atoms with Crippen molar-refractivity contribution in [2.24, 2.45) is 5.10 Å². The molecule has 23 heavy (non-hydrogen) atoms. The van der Waals surface area contributed by atoms with Crippen LogP contribution in [0.5, 0.6) is 0 Å². The number of rotatable bonds is 4. The van der Waals surface area contributed by atoms with Gasteiger partial charge >= 0.3 is 0 Å². The van der Waals surface area contributed by atoms with E-state index in [0.717, 1.165) is 11.3 Å². The lowest BCUT2D eigenvalue weighted by molar-refractivity contribution is 0.0954. The first-order valence-corrected chi connectivity index (χ1v) is 6.82. The number of amides is 1. The molecule has 0 bridgehead atoms. The Hall–Kier alpha value is -3.42. The molecule has 1 aromatic carbocycles. The number of pyridine rings is 1. The van der Waals surface area contributed by atoms with Gasteiger partial charge in [-0.1, -0.05) is 12.1 Å². The highest BCUT2D eigenvalue weighted by atomic mass is 16.2. The van der Waals surface area contributed by atoms with Crippen molar-refractivity contribution in [3.8, 4) is 5.69 Å².